The van der Waals surface area contributed by atoms with E-state index in [1.165, 1.54) is 0 Å². The van der Waals surface area contributed by atoms with Gasteiger partial charge in [-0.25, -0.2) is 5.10 Å². The van der Waals surface area contributed by atoms with E-state index in [0.717, 1.165) is 24.1 Å². The number of H-pyrrole nitrogens is 1. The van der Waals surface area contributed by atoms with Crippen LogP contribution in [0.15, 0.2) is 51.9 Å². The Hall–Kier alpha value is -2.87. The van der Waals surface area contributed by atoms with Crippen molar-refractivity contribution in [3.63, 3.8) is 0 Å². The molecule has 0 amide bonds. The summed E-state index contributed by atoms with van der Waals surface area (Å²) in [6.07, 6.45) is 2.48. The molecular formula is C17H19N5O2S. The number of rotatable bonds is 7. The van der Waals surface area contributed by atoms with Crippen molar-refractivity contribution in [2.75, 3.05) is 18.4 Å². The van der Waals surface area contributed by atoms with Gasteiger partial charge in [-0.3, -0.25) is 4.79 Å². The zero-order valence-electron chi connectivity index (χ0n) is 13.5. The van der Waals surface area contributed by atoms with Crippen molar-refractivity contribution in [1.82, 2.24) is 20.8 Å². The highest BCUT2D eigenvalue weighted by molar-refractivity contribution is 7.80. The van der Waals surface area contributed by atoms with Crippen molar-refractivity contribution in [3.8, 4) is 0 Å². The maximum absolute atomic E-state index is 11.7. The van der Waals surface area contributed by atoms with E-state index in [4.69, 9.17) is 16.6 Å². The monoisotopic (exact) mass is 357 g/mol. The second-order valence-electron chi connectivity index (χ2n) is 5.42. The topological polar surface area (TPSA) is 95.0 Å². The van der Waals surface area contributed by atoms with E-state index in [1.54, 1.807) is 12.3 Å². The first-order valence-electron chi connectivity index (χ1n) is 7.99. The molecule has 0 saturated heterocycles. The van der Waals surface area contributed by atoms with Crippen LogP contribution < -0.4 is 21.5 Å². The number of furan rings is 1. The Balaban J connectivity index is 1.41. The van der Waals surface area contributed by atoms with Crippen molar-refractivity contribution in [2.45, 2.75) is 13.0 Å². The number of aromatic amines is 1. The fraction of sp³-hybridized carbons (Fsp3) is 0.235. The van der Waals surface area contributed by atoms with E-state index in [1.807, 2.05) is 30.3 Å². The largest absolute Gasteiger partial charge is 0.467 e. The number of fused-ring (bicyclic) bond motifs is 1. The van der Waals surface area contributed by atoms with Crippen LogP contribution in [0.25, 0.3) is 10.8 Å². The predicted molar refractivity (Wildman–Crippen MR) is 102 cm³/mol. The molecule has 2 heterocycles. The third kappa shape index (κ3) is 4.57. The molecule has 0 saturated carbocycles. The van der Waals surface area contributed by atoms with Gasteiger partial charge in [0.05, 0.1) is 18.2 Å². The molecule has 0 atom stereocenters. The van der Waals surface area contributed by atoms with Gasteiger partial charge in [0.25, 0.3) is 5.56 Å². The molecule has 0 unspecified atom stereocenters. The third-order valence-corrected chi connectivity index (χ3v) is 3.92. The summed E-state index contributed by atoms with van der Waals surface area (Å²) < 4.78 is 5.23. The van der Waals surface area contributed by atoms with Crippen LogP contribution in [-0.2, 0) is 6.54 Å². The SMILES string of the molecule is O=c1[nH]nc(NCCCNC(=S)NCc2ccco2)c2ccccc12. The standard InChI is InChI=1S/C17H19N5O2S/c23-16-14-7-2-1-6-13(14)15(21-22-16)18-8-4-9-19-17(25)20-11-12-5-3-10-24-12/h1-3,5-7,10H,4,8-9,11H2,(H,18,21)(H,22,23)(H2,19,20,25). The van der Waals surface area contributed by atoms with Crippen LogP contribution in [0, 0.1) is 0 Å². The van der Waals surface area contributed by atoms with Gasteiger partial charge in [0.2, 0.25) is 0 Å². The molecule has 8 heteroatoms. The van der Waals surface area contributed by atoms with Gasteiger partial charge in [0.1, 0.15) is 5.76 Å². The maximum atomic E-state index is 11.7. The number of nitrogens with zero attached hydrogens (tertiary/aromatic N) is 1. The minimum Gasteiger partial charge on any atom is -0.467 e. The van der Waals surface area contributed by atoms with Crippen LogP contribution in [-0.4, -0.2) is 28.4 Å². The number of hydrogen-bond donors (Lipinski definition) is 4. The fourth-order valence-electron chi connectivity index (χ4n) is 2.39. The zero-order valence-corrected chi connectivity index (χ0v) is 14.4. The smallest absolute Gasteiger partial charge is 0.272 e. The molecule has 3 rings (SSSR count). The Kier molecular flexibility index (Phi) is 5.63. The summed E-state index contributed by atoms with van der Waals surface area (Å²) in [6, 6.07) is 11.1. The minimum absolute atomic E-state index is 0.184. The molecule has 0 spiro atoms. The Morgan fingerprint density at radius 1 is 1.12 bits per heavy atom. The van der Waals surface area contributed by atoms with Crippen molar-refractivity contribution < 1.29 is 4.42 Å². The van der Waals surface area contributed by atoms with Gasteiger partial charge < -0.3 is 20.4 Å². The van der Waals surface area contributed by atoms with Gasteiger partial charge in [0.15, 0.2) is 10.9 Å². The molecule has 2 aromatic heterocycles. The van der Waals surface area contributed by atoms with E-state index >= 15 is 0 Å². The van der Waals surface area contributed by atoms with E-state index in [0.29, 0.717) is 29.4 Å². The lowest BCUT2D eigenvalue weighted by molar-refractivity contribution is 0.502. The van der Waals surface area contributed by atoms with E-state index in [2.05, 4.69) is 26.1 Å². The molecule has 130 valence electrons. The van der Waals surface area contributed by atoms with Gasteiger partial charge in [0, 0.05) is 18.5 Å². The summed E-state index contributed by atoms with van der Waals surface area (Å²) in [6.45, 7) is 1.99. The molecule has 0 aliphatic heterocycles. The normalized spacial score (nSPS) is 10.6. The highest BCUT2D eigenvalue weighted by Crippen LogP contribution is 2.16. The van der Waals surface area contributed by atoms with Gasteiger partial charge in [-0.2, -0.15) is 5.10 Å². The zero-order chi connectivity index (χ0) is 17.5. The molecule has 25 heavy (non-hydrogen) atoms. The lowest BCUT2D eigenvalue weighted by Gasteiger charge is -2.10. The lowest BCUT2D eigenvalue weighted by atomic mass is 10.2. The number of aromatic nitrogens is 2. The van der Waals surface area contributed by atoms with Crippen LogP contribution in [0.3, 0.4) is 0 Å². The first-order chi connectivity index (χ1) is 12.2. The van der Waals surface area contributed by atoms with Crippen LogP contribution >= 0.6 is 12.2 Å². The van der Waals surface area contributed by atoms with Gasteiger partial charge in [-0.05, 0) is 36.8 Å². The first kappa shape index (κ1) is 17.0. The summed E-state index contributed by atoms with van der Waals surface area (Å²) in [4.78, 5) is 11.7. The van der Waals surface area contributed by atoms with E-state index < -0.39 is 0 Å². The molecular weight excluding hydrogens is 338 g/mol. The Morgan fingerprint density at radius 3 is 2.76 bits per heavy atom. The summed E-state index contributed by atoms with van der Waals surface area (Å²) in [7, 11) is 0. The first-order valence-corrected chi connectivity index (χ1v) is 8.40. The molecule has 0 aliphatic rings. The number of benzene rings is 1. The number of nitrogens with one attached hydrogen (secondary N) is 4. The molecule has 7 nitrogen and oxygen atoms in total. The predicted octanol–water partition coefficient (Wildman–Crippen LogP) is 1.98. The summed E-state index contributed by atoms with van der Waals surface area (Å²) >= 11 is 5.21. The van der Waals surface area contributed by atoms with E-state index in [-0.39, 0.29) is 5.56 Å². The molecule has 1 aromatic carbocycles. The highest BCUT2D eigenvalue weighted by Gasteiger charge is 2.05. The maximum Gasteiger partial charge on any atom is 0.272 e. The van der Waals surface area contributed by atoms with Gasteiger partial charge in [-0.15, -0.1) is 0 Å². The summed E-state index contributed by atoms with van der Waals surface area (Å²) in [5.74, 6) is 1.51. The Labute approximate surface area is 149 Å². The number of thiocarbonyl (C=S) groups is 1. The van der Waals surface area contributed by atoms with Crippen LogP contribution in [0.4, 0.5) is 5.82 Å². The lowest BCUT2D eigenvalue weighted by Crippen LogP contribution is -2.35. The molecule has 0 fully saturated rings. The number of anilines is 1. The second kappa shape index (κ2) is 8.29. The molecule has 0 aliphatic carbocycles. The summed E-state index contributed by atoms with van der Waals surface area (Å²) in [5, 5.41) is 18.1. The fourth-order valence-corrected chi connectivity index (χ4v) is 2.56. The third-order valence-electron chi connectivity index (χ3n) is 3.63. The minimum atomic E-state index is -0.184. The van der Waals surface area contributed by atoms with Crippen LogP contribution in [0.5, 0.6) is 0 Å². The average Bonchev–Trinajstić information content (AvgIpc) is 3.15. The Morgan fingerprint density at radius 2 is 1.96 bits per heavy atom. The van der Waals surface area contributed by atoms with Gasteiger partial charge in [-0.1, -0.05) is 18.2 Å². The molecule has 0 bridgehead atoms. The van der Waals surface area contributed by atoms with Gasteiger partial charge >= 0.3 is 0 Å². The summed E-state index contributed by atoms with van der Waals surface area (Å²) in [5.41, 5.74) is -0.184. The molecule has 3 aromatic rings. The Bertz CT molecular complexity index is 891. The molecule has 4 N–H and O–H groups in total. The van der Waals surface area contributed by atoms with Crippen molar-refractivity contribution in [1.29, 1.82) is 0 Å². The quantitative estimate of drug-likeness (QED) is 0.379. The second-order valence-corrected chi connectivity index (χ2v) is 5.82. The van der Waals surface area contributed by atoms with Crippen LogP contribution in [0.2, 0.25) is 0 Å². The van der Waals surface area contributed by atoms with Crippen molar-refractivity contribution >= 4 is 33.9 Å². The molecule has 0 radical (unpaired) electrons. The average molecular weight is 357 g/mol. The van der Waals surface area contributed by atoms with Crippen molar-refractivity contribution in [2.24, 2.45) is 0 Å². The van der Waals surface area contributed by atoms with Crippen molar-refractivity contribution in [3.05, 3.63) is 58.8 Å². The number of hydrogen-bond acceptors (Lipinski definition) is 5. The highest BCUT2D eigenvalue weighted by atomic mass is 32.1. The van der Waals surface area contributed by atoms with Crippen LogP contribution in [0.1, 0.15) is 12.2 Å². The van der Waals surface area contributed by atoms with E-state index in [9.17, 15) is 4.79 Å².